The topological polar surface area (TPSA) is 61.4 Å². The lowest BCUT2D eigenvalue weighted by Crippen LogP contribution is -1.85. The number of aromatic nitrogens is 6. The van der Waals surface area contributed by atoms with Gasteiger partial charge in [-0.3, -0.25) is 9.36 Å². The molecule has 6 nitrogen and oxygen atoms in total. The van der Waals surface area contributed by atoms with Gasteiger partial charge in [0.1, 0.15) is 0 Å². The molecule has 0 radical (unpaired) electrons. The van der Waals surface area contributed by atoms with E-state index in [2.05, 4.69) is 34.5 Å². The number of hydrogen-bond donors (Lipinski definition) is 0. The van der Waals surface area contributed by atoms with Crippen LogP contribution in [0.4, 0.5) is 0 Å². The van der Waals surface area contributed by atoms with E-state index in [9.17, 15) is 0 Å². The Kier molecular flexibility index (Phi) is 7.54. The Labute approximate surface area is 121 Å². The molecule has 2 heterocycles. The van der Waals surface area contributed by atoms with Gasteiger partial charge in [-0.25, -0.2) is 0 Å². The predicted octanol–water partition coefficient (Wildman–Crippen LogP) is 2.32. The smallest absolute Gasteiger partial charge is 0.0827 e. The molecule has 0 aliphatic carbocycles. The maximum absolute atomic E-state index is 3.97. The third-order valence-electron chi connectivity index (χ3n) is 2.87. The summed E-state index contributed by atoms with van der Waals surface area (Å²) in [5, 5.41) is 15.6. The lowest BCUT2D eigenvalue weighted by molar-refractivity contribution is 0.710. The number of rotatable bonds is 6. The summed E-state index contributed by atoms with van der Waals surface area (Å²) in [7, 11) is 3.78. The highest BCUT2D eigenvalue weighted by Crippen LogP contribution is 1.99. The van der Waals surface area contributed by atoms with Crippen LogP contribution in [0.5, 0.6) is 0 Å². The van der Waals surface area contributed by atoms with Gasteiger partial charge in [-0.2, -0.15) is 0 Å². The van der Waals surface area contributed by atoms with E-state index in [1.807, 2.05) is 26.5 Å². The van der Waals surface area contributed by atoms with Gasteiger partial charge >= 0.3 is 0 Å². The molecule has 0 spiro atoms. The molecule has 0 bridgehead atoms. The minimum atomic E-state index is 1.06. The first-order valence-electron chi connectivity index (χ1n) is 7.36. The van der Waals surface area contributed by atoms with Crippen molar-refractivity contribution in [1.82, 2.24) is 30.0 Å². The quantitative estimate of drug-likeness (QED) is 0.813. The van der Waals surface area contributed by atoms with Crippen LogP contribution in [0, 0.1) is 0 Å². The molecule has 0 saturated carbocycles. The van der Waals surface area contributed by atoms with Crippen molar-refractivity contribution in [3.63, 3.8) is 0 Å². The molecule has 6 heteroatoms. The Hall–Kier alpha value is -1.72. The van der Waals surface area contributed by atoms with Crippen molar-refractivity contribution in [1.29, 1.82) is 0 Å². The second-order valence-electron chi connectivity index (χ2n) is 4.97. The second-order valence-corrected chi connectivity index (χ2v) is 4.97. The van der Waals surface area contributed by atoms with Crippen LogP contribution < -0.4 is 0 Å². The zero-order valence-electron chi connectivity index (χ0n) is 13.1. The first-order valence-corrected chi connectivity index (χ1v) is 7.36. The summed E-state index contributed by atoms with van der Waals surface area (Å²) in [5.74, 6) is 0. The fourth-order valence-electron chi connectivity index (χ4n) is 1.74. The Bertz CT molecular complexity index is 429. The zero-order valence-corrected chi connectivity index (χ0v) is 13.1. The van der Waals surface area contributed by atoms with Crippen LogP contribution in [0.15, 0.2) is 12.4 Å². The summed E-state index contributed by atoms with van der Waals surface area (Å²) in [6.07, 6.45) is 10.9. The molecule has 0 N–H and O–H groups in total. The first-order chi connectivity index (χ1) is 9.65. The Morgan fingerprint density at radius 1 is 0.800 bits per heavy atom. The molecule has 20 heavy (non-hydrogen) atoms. The summed E-state index contributed by atoms with van der Waals surface area (Å²) in [6, 6.07) is 0. The average molecular weight is 278 g/mol. The highest BCUT2D eigenvalue weighted by atomic mass is 15.4. The van der Waals surface area contributed by atoms with Crippen LogP contribution in [0.2, 0.25) is 0 Å². The molecule has 112 valence electrons. The Morgan fingerprint density at radius 2 is 1.20 bits per heavy atom. The molecule has 2 rings (SSSR count). The van der Waals surface area contributed by atoms with Gasteiger partial charge < -0.3 is 0 Å². The van der Waals surface area contributed by atoms with Gasteiger partial charge in [-0.1, -0.05) is 37.1 Å². The largest absolute Gasteiger partial charge is 0.255 e. The molecule has 0 unspecified atom stereocenters. The van der Waals surface area contributed by atoms with E-state index in [4.69, 9.17) is 0 Å². The lowest BCUT2D eigenvalue weighted by Gasteiger charge is -1.88. The summed E-state index contributed by atoms with van der Waals surface area (Å²) in [6.45, 7) is 4.35. The van der Waals surface area contributed by atoms with Crippen LogP contribution in [0.25, 0.3) is 0 Å². The molecular formula is C14H26N6. The van der Waals surface area contributed by atoms with Crippen LogP contribution in [-0.2, 0) is 26.9 Å². The van der Waals surface area contributed by atoms with Gasteiger partial charge in [0, 0.05) is 26.5 Å². The van der Waals surface area contributed by atoms with Crippen LogP contribution in [0.1, 0.15) is 50.9 Å². The Morgan fingerprint density at radius 3 is 1.45 bits per heavy atom. The number of nitrogens with zero attached hydrogens (tertiary/aromatic N) is 6. The monoisotopic (exact) mass is 278 g/mol. The summed E-state index contributed by atoms with van der Waals surface area (Å²) in [5.41, 5.74) is 2.20. The van der Waals surface area contributed by atoms with Crippen molar-refractivity contribution < 1.29 is 0 Å². The van der Waals surface area contributed by atoms with Crippen molar-refractivity contribution in [3.05, 3.63) is 23.8 Å². The third-order valence-corrected chi connectivity index (χ3v) is 2.87. The minimum Gasteiger partial charge on any atom is -0.255 e. The van der Waals surface area contributed by atoms with E-state index in [1.54, 1.807) is 9.36 Å². The SMILES string of the molecule is CCCCc1cn(C)nn1.CCCCc1cn(C)nn1. The standard InChI is InChI=1S/2C7H13N3/c2*1-3-4-5-7-6-10(2)9-8-7/h2*6H,3-5H2,1-2H3. The van der Waals surface area contributed by atoms with Crippen molar-refractivity contribution >= 4 is 0 Å². The van der Waals surface area contributed by atoms with Gasteiger partial charge in [-0.05, 0) is 25.7 Å². The molecule has 2 aromatic heterocycles. The minimum absolute atomic E-state index is 1.06. The highest BCUT2D eigenvalue weighted by Gasteiger charge is 1.95. The fourth-order valence-corrected chi connectivity index (χ4v) is 1.74. The molecule has 0 aliphatic heterocycles. The lowest BCUT2D eigenvalue weighted by atomic mass is 10.2. The molecule has 2 aromatic rings. The maximum atomic E-state index is 3.97. The Balaban J connectivity index is 0.000000200. The summed E-state index contributed by atoms with van der Waals surface area (Å²) >= 11 is 0. The highest BCUT2D eigenvalue weighted by molar-refractivity contribution is 4.91. The fraction of sp³-hybridized carbons (Fsp3) is 0.714. The van der Waals surface area contributed by atoms with Gasteiger partial charge in [0.2, 0.25) is 0 Å². The van der Waals surface area contributed by atoms with Gasteiger partial charge in [-0.15, -0.1) is 10.2 Å². The average Bonchev–Trinajstić information content (AvgIpc) is 3.03. The van der Waals surface area contributed by atoms with Gasteiger partial charge in [0.15, 0.2) is 0 Å². The normalized spacial score (nSPS) is 10.2. The van der Waals surface area contributed by atoms with Crippen molar-refractivity contribution in [2.24, 2.45) is 14.1 Å². The maximum Gasteiger partial charge on any atom is 0.0827 e. The van der Waals surface area contributed by atoms with Crippen molar-refractivity contribution in [2.75, 3.05) is 0 Å². The van der Waals surface area contributed by atoms with E-state index in [-0.39, 0.29) is 0 Å². The summed E-state index contributed by atoms with van der Waals surface area (Å²) < 4.78 is 3.48. The molecule has 0 amide bonds. The number of unbranched alkanes of at least 4 members (excludes halogenated alkanes) is 2. The van der Waals surface area contributed by atoms with Gasteiger partial charge in [0.25, 0.3) is 0 Å². The zero-order chi connectivity index (χ0) is 14.8. The molecule has 0 fully saturated rings. The second kappa shape index (κ2) is 9.23. The molecule has 0 aromatic carbocycles. The predicted molar refractivity (Wildman–Crippen MR) is 79.2 cm³/mol. The molecule has 0 atom stereocenters. The van der Waals surface area contributed by atoms with Gasteiger partial charge in [0.05, 0.1) is 11.4 Å². The van der Waals surface area contributed by atoms with Crippen molar-refractivity contribution in [2.45, 2.75) is 52.4 Å². The van der Waals surface area contributed by atoms with Crippen LogP contribution in [-0.4, -0.2) is 30.0 Å². The number of aryl methyl sites for hydroxylation is 4. The third kappa shape index (κ3) is 6.45. The van der Waals surface area contributed by atoms with E-state index < -0.39 is 0 Å². The van der Waals surface area contributed by atoms with Crippen LogP contribution in [0.3, 0.4) is 0 Å². The molecule has 0 saturated heterocycles. The van der Waals surface area contributed by atoms with E-state index in [1.165, 1.54) is 25.7 Å². The van der Waals surface area contributed by atoms with Crippen LogP contribution >= 0.6 is 0 Å². The summed E-state index contributed by atoms with van der Waals surface area (Å²) in [4.78, 5) is 0. The number of hydrogen-bond acceptors (Lipinski definition) is 4. The van der Waals surface area contributed by atoms with E-state index in [0.29, 0.717) is 0 Å². The van der Waals surface area contributed by atoms with E-state index in [0.717, 1.165) is 24.2 Å². The first kappa shape index (κ1) is 16.3. The van der Waals surface area contributed by atoms with E-state index >= 15 is 0 Å². The molecule has 0 aliphatic rings. The van der Waals surface area contributed by atoms with Crippen molar-refractivity contribution in [3.8, 4) is 0 Å². The molecular weight excluding hydrogens is 252 g/mol.